The van der Waals surface area contributed by atoms with Crippen LogP contribution in [0, 0.1) is 0 Å². The summed E-state index contributed by atoms with van der Waals surface area (Å²) in [7, 11) is 0. The second-order valence-electron chi connectivity index (χ2n) is 8.61. The summed E-state index contributed by atoms with van der Waals surface area (Å²) in [5, 5.41) is 11.4. The molecular formula is C23H31N3O2S. The van der Waals surface area contributed by atoms with Gasteiger partial charge in [-0.2, -0.15) is 0 Å². The third-order valence-electron chi connectivity index (χ3n) is 5.18. The zero-order chi connectivity index (χ0) is 20.9. The van der Waals surface area contributed by atoms with Gasteiger partial charge in [-0.05, 0) is 62.1 Å². The standard InChI is InChI=1S/C23H31N3O2S/c1-16(20(27)24-15-14-17-8-6-5-7-9-17)29-22-26-25-21(28-22)18-10-12-19(13-11-18)23(2,3)4/h8,10-13,16H,5-7,9,14-15H2,1-4H3,(H,24,27)/t16-/m1/s1. The molecule has 6 heteroatoms. The summed E-state index contributed by atoms with van der Waals surface area (Å²) in [6, 6.07) is 8.17. The van der Waals surface area contributed by atoms with Crippen molar-refractivity contribution in [1.82, 2.24) is 15.5 Å². The fourth-order valence-electron chi connectivity index (χ4n) is 3.31. The van der Waals surface area contributed by atoms with Crippen LogP contribution in [0.5, 0.6) is 0 Å². The fourth-order valence-corrected chi connectivity index (χ4v) is 4.02. The predicted molar refractivity (Wildman–Crippen MR) is 118 cm³/mol. The lowest BCUT2D eigenvalue weighted by Crippen LogP contribution is -2.31. The van der Waals surface area contributed by atoms with Crippen molar-refractivity contribution in [3.8, 4) is 11.5 Å². The number of thioether (sulfide) groups is 1. The van der Waals surface area contributed by atoms with Crippen LogP contribution in [0.4, 0.5) is 0 Å². The van der Waals surface area contributed by atoms with Crippen molar-refractivity contribution >= 4 is 17.7 Å². The number of amides is 1. The Kier molecular flexibility index (Phi) is 7.17. The first-order valence-electron chi connectivity index (χ1n) is 10.4. The molecule has 0 aliphatic heterocycles. The number of hydrogen-bond donors (Lipinski definition) is 1. The first-order valence-corrected chi connectivity index (χ1v) is 11.3. The largest absolute Gasteiger partial charge is 0.411 e. The number of carbonyl (C=O) groups is 1. The van der Waals surface area contributed by atoms with Crippen LogP contribution in [0.25, 0.3) is 11.5 Å². The van der Waals surface area contributed by atoms with E-state index in [1.54, 1.807) is 0 Å². The number of rotatable bonds is 7. The third-order valence-corrected chi connectivity index (χ3v) is 6.12. The summed E-state index contributed by atoms with van der Waals surface area (Å²) in [6.07, 6.45) is 8.16. The second-order valence-corrected chi connectivity index (χ2v) is 9.90. The molecule has 1 aliphatic rings. The molecule has 1 N–H and O–H groups in total. The van der Waals surface area contributed by atoms with Crippen LogP contribution >= 0.6 is 11.8 Å². The summed E-state index contributed by atoms with van der Waals surface area (Å²) in [5.74, 6) is 0.477. The van der Waals surface area contributed by atoms with Crippen LogP contribution < -0.4 is 5.32 Å². The Bertz CT molecular complexity index is 850. The number of benzene rings is 1. The topological polar surface area (TPSA) is 68.0 Å². The first-order chi connectivity index (χ1) is 13.8. The van der Waals surface area contributed by atoms with Gasteiger partial charge in [0, 0.05) is 12.1 Å². The second kappa shape index (κ2) is 9.61. The van der Waals surface area contributed by atoms with Gasteiger partial charge in [0.25, 0.3) is 5.22 Å². The zero-order valence-electron chi connectivity index (χ0n) is 17.8. The van der Waals surface area contributed by atoms with Crippen LogP contribution in [0.2, 0.25) is 0 Å². The molecule has 1 aromatic carbocycles. The summed E-state index contributed by atoms with van der Waals surface area (Å²) >= 11 is 1.29. The van der Waals surface area contributed by atoms with Gasteiger partial charge in [-0.25, -0.2) is 0 Å². The average molecular weight is 414 g/mol. The Balaban J connectivity index is 1.51. The van der Waals surface area contributed by atoms with E-state index in [0.29, 0.717) is 17.7 Å². The molecule has 0 radical (unpaired) electrons. The van der Waals surface area contributed by atoms with Crippen LogP contribution in [-0.4, -0.2) is 27.9 Å². The molecule has 1 aromatic heterocycles. The van der Waals surface area contributed by atoms with Gasteiger partial charge in [-0.3, -0.25) is 4.79 Å². The highest BCUT2D eigenvalue weighted by atomic mass is 32.2. The molecule has 0 spiro atoms. The molecule has 3 rings (SSSR count). The number of allylic oxidation sites excluding steroid dienone is 1. The molecule has 0 unspecified atom stereocenters. The van der Waals surface area contributed by atoms with Crippen molar-refractivity contribution in [2.45, 2.75) is 75.7 Å². The summed E-state index contributed by atoms with van der Waals surface area (Å²) in [4.78, 5) is 12.4. The minimum absolute atomic E-state index is 0.000638. The van der Waals surface area contributed by atoms with Crippen molar-refractivity contribution in [3.05, 3.63) is 41.5 Å². The van der Waals surface area contributed by atoms with Gasteiger partial charge in [-0.1, -0.05) is 56.3 Å². The number of nitrogens with one attached hydrogen (secondary N) is 1. The van der Waals surface area contributed by atoms with E-state index in [1.165, 1.54) is 48.6 Å². The van der Waals surface area contributed by atoms with E-state index < -0.39 is 0 Å². The van der Waals surface area contributed by atoms with E-state index in [-0.39, 0.29) is 16.6 Å². The maximum atomic E-state index is 12.4. The summed E-state index contributed by atoms with van der Waals surface area (Å²) < 4.78 is 5.77. The Morgan fingerprint density at radius 1 is 1.21 bits per heavy atom. The molecule has 156 valence electrons. The van der Waals surface area contributed by atoms with E-state index >= 15 is 0 Å². The van der Waals surface area contributed by atoms with Crippen molar-refractivity contribution in [1.29, 1.82) is 0 Å². The van der Waals surface area contributed by atoms with Gasteiger partial charge in [0.2, 0.25) is 11.8 Å². The Morgan fingerprint density at radius 3 is 2.62 bits per heavy atom. The van der Waals surface area contributed by atoms with Crippen LogP contribution in [0.15, 0.2) is 45.6 Å². The number of aromatic nitrogens is 2. The minimum atomic E-state index is -0.285. The highest BCUT2D eigenvalue weighted by Crippen LogP contribution is 2.28. The lowest BCUT2D eigenvalue weighted by molar-refractivity contribution is -0.120. The smallest absolute Gasteiger partial charge is 0.277 e. The molecule has 1 heterocycles. The highest BCUT2D eigenvalue weighted by molar-refractivity contribution is 8.00. The molecule has 1 amide bonds. The Labute approximate surface area is 177 Å². The monoisotopic (exact) mass is 413 g/mol. The predicted octanol–water partition coefficient (Wildman–Crippen LogP) is 5.52. The van der Waals surface area contributed by atoms with Gasteiger partial charge in [0.15, 0.2) is 0 Å². The molecule has 2 aromatic rings. The van der Waals surface area contributed by atoms with Crippen molar-refractivity contribution < 1.29 is 9.21 Å². The highest BCUT2D eigenvalue weighted by Gasteiger charge is 2.19. The van der Waals surface area contributed by atoms with E-state index in [4.69, 9.17) is 4.42 Å². The van der Waals surface area contributed by atoms with Gasteiger partial charge >= 0.3 is 0 Å². The van der Waals surface area contributed by atoms with Crippen LogP contribution in [0.3, 0.4) is 0 Å². The molecule has 0 saturated carbocycles. The molecule has 5 nitrogen and oxygen atoms in total. The van der Waals surface area contributed by atoms with Crippen molar-refractivity contribution in [2.24, 2.45) is 0 Å². The molecular weight excluding hydrogens is 382 g/mol. The first kappa shape index (κ1) is 21.6. The normalized spacial score (nSPS) is 15.7. The van der Waals surface area contributed by atoms with E-state index in [2.05, 4.69) is 54.5 Å². The molecule has 29 heavy (non-hydrogen) atoms. The SMILES string of the molecule is C[C@@H](Sc1nnc(-c2ccc(C(C)(C)C)cc2)o1)C(=O)NCCC1=CCCCC1. The molecule has 0 fully saturated rings. The van der Waals surface area contributed by atoms with E-state index in [1.807, 2.05) is 19.1 Å². The summed E-state index contributed by atoms with van der Waals surface area (Å²) in [6.45, 7) is 9.10. The lowest BCUT2D eigenvalue weighted by Gasteiger charge is -2.18. The summed E-state index contributed by atoms with van der Waals surface area (Å²) in [5.41, 5.74) is 3.71. The molecule has 0 bridgehead atoms. The van der Waals surface area contributed by atoms with Crippen LogP contribution in [-0.2, 0) is 10.2 Å². The van der Waals surface area contributed by atoms with Gasteiger partial charge in [-0.15, -0.1) is 10.2 Å². The maximum absolute atomic E-state index is 12.4. The van der Waals surface area contributed by atoms with Gasteiger partial charge in [0.05, 0.1) is 5.25 Å². The third kappa shape index (κ3) is 6.20. The Hall–Kier alpha value is -2.08. The Morgan fingerprint density at radius 2 is 1.97 bits per heavy atom. The number of hydrogen-bond acceptors (Lipinski definition) is 5. The van der Waals surface area contributed by atoms with Crippen molar-refractivity contribution in [3.63, 3.8) is 0 Å². The van der Waals surface area contributed by atoms with E-state index in [0.717, 1.165) is 12.0 Å². The average Bonchev–Trinajstić information content (AvgIpc) is 3.16. The zero-order valence-corrected chi connectivity index (χ0v) is 18.6. The maximum Gasteiger partial charge on any atom is 0.277 e. The molecule has 1 atom stereocenters. The van der Waals surface area contributed by atoms with Gasteiger partial charge in [0.1, 0.15) is 0 Å². The lowest BCUT2D eigenvalue weighted by atomic mass is 9.87. The fraction of sp³-hybridized carbons (Fsp3) is 0.522. The molecule has 1 aliphatic carbocycles. The number of nitrogens with zero attached hydrogens (tertiary/aromatic N) is 2. The van der Waals surface area contributed by atoms with Crippen LogP contribution in [0.1, 0.15) is 65.4 Å². The van der Waals surface area contributed by atoms with Crippen molar-refractivity contribution in [2.75, 3.05) is 6.54 Å². The van der Waals surface area contributed by atoms with Gasteiger partial charge < -0.3 is 9.73 Å². The minimum Gasteiger partial charge on any atom is -0.411 e. The number of carbonyl (C=O) groups excluding carboxylic acids is 1. The quantitative estimate of drug-likeness (QED) is 0.478. The van der Waals surface area contributed by atoms with E-state index in [9.17, 15) is 4.79 Å². The molecule has 0 saturated heterocycles.